The molecular formula is C14H19N5OS2. The second-order valence-electron chi connectivity index (χ2n) is 5.96. The van der Waals surface area contributed by atoms with Crippen molar-refractivity contribution in [2.45, 2.75) is 67.0 Å². The van der Waals surface area contributed by atoms with Gasteiger partial charge in [0.15, 0.2) is 10.2 Å². The van der Waals surface area contributed by atoms with Gasteiger partial charge in [-0.05, 0) is 25.7 Å². The van der Waals surface area contributed by atoms with E-state index in [2.05, 4.69) is 25.7 Å². The number of hydrogen-bond donors (Lipinski definition) is 1. The van der Waals surface area contributed by atoms with E-state index in [9.17, 15) is 0 Å². The summed E-state index contributed by atoms with van der Waals surface area (Å²) in [6, 6.07) is 0.567. The molecule has 2 aliphatic carbocycles. The minimum atomic E-state index is 0.513. The number of nitrogens with one attached hydrogen (secondary N) is 1. The van der Waals surface area contributed by atoms with E-state index >= 15 is 0 Å². The summed E-state index contributed by atoms with van der Waals surface area (Å²) in [5.41, 5.74) is 0. The number of hydrogen-bond acceptors (Lipinski definition) is 8. The minimum Gasteiger partial charge on any atom is -0.357 e. The van der Waals surface area contributed by atoms with Gasteiger partial charge < -0.3 is 9.84 Å². The highest BCUT2D eigenvalue weighted by atomic mass is 32.2. The first kappa shape index (κ1) is 14.4. The van der Waals surface area contributed by atoms with Gasteiger partial charge in [-0.3, -0.25) is 0 Å². The fourth-order valence-corrected chi connectivity index (χ4v) is 4.37. The van der Waals surface area contributed by atoms with Crippen LogP contribution in [0, 0.1) is 0 Å². The van der Waals surface area contributed by atoms with Gasteiger partial charge >= 0.3 is 0 Å². The maximum Gasteiger partial charge on any atom is 0.229 e. The molecule has 6 nitrogen and oxygen atoms in total. The van der Waals surface area contributed by atoms with E-state index < -0.39 is 0 Å². The molecule has 0 aliphatic heterocycles. The van der Waals surface area contributed by atoms with Crippen LogP contribution in [0.5, 0.6) is 0 Å². The molecule has 2 heterocycles. The number of thioether (sulfide) groups is 1. The molecule has 0 saturated heterocycles. The zero-order valence-corrected chi connectivity index (χ0v) is 14.0. The van der Waals surface area contributed by atoms with Crippen molar-refractivity contribution in [2.24, 2.45) is 0 Å². The minimum absolute atomic E-state index is 0.513. The van der Waals surface area contributed by atoms with Crippen molar-refractivity contribution in [1.29, 1.82) is 0 Å². The topological polar surface area (TPSA) is 76.7 Å². The largest absolute Gasteiger partial charge is 0.357 e. The summed E-state index contributed by atoms with van der Waals surface area (Å²) < 4.78 is 6.22. The fraction of sp³-hybridized carbons (Fsp3) is 0.714. The lowest BCUT2D eigenvalue weighted by Crippen LogP contribution is -2.21. The Morgan fingerprint density at radius 2 is 2.00 bits per heavy atom. The molecule has 0 aromatic carbocycles. The average molecular weight is 337 g/mol. The standard InChI is InChI=1S/C14H19N5OS2/c1-2-4-10(5-3-1)15-13-17-18-14(22-13)21-8-11-16-12(20-19-11)9-6-7-9/h9-10H,1-8H2,(H,15,17). The third-order valence-electron chi connectivity index (χ3n) is 4.07. The van der Waals surface area contributed by atoms with Gasteiger partial charge in [0, 0.05) is 12.0 Å². The van der Waals surface area contributed by atoms with Gasteiger partial charge in [0.2, 0.25) is 11.0 Å². The van der Waals surface area contributed by atoms with Gasteiger partial charge in [-0.15, -0.1) is 10.2 Å². The van der Waals surface area contributed by atoms with Crippen molar-refractivity contribution < 1.29 is 4.52 Å². The summed E-state index contributed by atoms with van der Waals surface area (Å²) in [4.78, 5) is 4.43. The van der Waals surface area contributed by atoms with E-state index in [0.717, 1.165) is 21.2 Å². The van der Waals surface area contributed by atoms with Crippen LogP contribution in [0.3, 0.4) is 0 Å². The normalized spacial score (nSPS) is 19.5. The molecular weight excluding hydrogens is 318 g/mol. The predicted octanol–water partition coefficient (Wildman–Crippen LogP) is 3.84. The van der Waals surface area contributed by atoms with E-state index in [0.29, 0.717) is 17.7 Å². The highest BCUT2D eigenvalue weighted by molar-refractivity contribution is 8.00. The van der Waals surface area contributed by atoms with Crippen molar-refractivity contribution in [3.8, 4) is 0 Å². The molecule has 2 aliphatic rings. The van der Waals surface area contributed by atoms with E-state index in [1.54, 1.807) is 23.1 Å². The summed E-state index contributed by atoms with van der Waals surface area (Å²) in [6.45, 7) is 0. The second-order valence-corrected chi connectivity index (χ2v) is 8.16. The quantitative estimate of drug-likeness (QED) is 0.803. The summed E-state index contributed by atoms with van der Waals surface area (Å²) in [5, 5.41) is 16.9. The number of anilines is 1. The molecule has 8 heteroatoms. The number of nitrogens with zero attached hydrogens (tertiary/aromatic N) is 4. The van der Waals surface area contributed by atoms with Crippen LogP contribution in [0.1, 0.15) is 62.6 Å². The Bertz CT molecular complexity index is 618. The number of rotatable bonds is 6. The van der Waals surface area contributed by atoms with Gasteiger partial charge in [-0.1, -0.05) is 47.5 Å². The molecule has 2 aromatic rings. The monoisotopic (exact) mass is 337 g/mol. The Hall–Kier alpha value is -1.15. The van der Waals surface area contributed by atoms with Crippen LogP contribution in [0.2, 0.25) is 0 Å². The highest BCUT2D eigenvalue weighted by Gasteiger charge is 2.29. The van der Waals surface area contributed by atoms with Gasteiger partial charge in [0.25, 0.3) is 0 Å². The lowest BCUT2D eigenvalue weighted by Gasteiger charge is -2.21. The third-order valence-corrected chi connectivity index (χ3v) is 6.06. The molecule has 2 saturated carbocycles. The molecule has 0 bridgehead atoms. The Kier molecular flexibility index (Phi) is 4.29. The van der Waals surface area contributed by atoms with E-state index in [1.807, 2.05) is 0 Å². The summed E-state index contributed by atoms with van der Waals surface area (Å²) in [5.74, 6) is 2.75. The van der Waals surface area contributed by atoms with E-state index in [1.165, 1.54) is 44.9 Å². The maximum atomic E-state index is 5.26. The first-order chi connectivity index (χ1) is 10.9. The molecule has 2 aromatic heterocycles. The third kappa shape index (κ3) is 3.60. The van der Waals surface area contributed by atoms with Gasteiger partial charge in [-0.2, -0.15) is 4.98 Å². The number of aromatic nitrogens is 4. The predicted molar refractivity (Wildman–Crippen MR) is 86.2 cm³/mol. The molecule has 0 amide bonds. The molecule has 1 N–H and O–H groups in total. The van der Waals surface area contributed by atoms with E-state index in [-0.39, 0.29) is 0 Å². The maximum absolute atomic E-state index is 5.26. The first-order valence-electron chi connectivity index (χ1n) is 7.92. The Labute approximate surface area is 137 Å². The van der Waals surface area contributed by atoms with Crippen LogP contribution in [-0.2, 0) is 5.75 Å². The van der Waals surface area contributed by atoms with Gasteiger partial charge in [0.1, 0.15) is 0 Å². The van der Waals surface area contributed by atoms with Crippen molar-refractivity contribution in [3.63, 3.8) is 0 Å². The molecule has 4 rings (SSSR count). The van der Waals surface area contributed by atoms with Crippen molar-refractivity contribution in [2.75, 3.05) is 5.32 Å². The van der Waals surface area contributed by atoms with E-state index in [4.69, 9.17) is 4.52 Å². The van der Waals surface area contributed by atoms with Crippen LogP contribution in [-0.4, -0.2) is 26.4 Å². The zero-order valence-electron chi connectivity index (χ0n) is 12.3. The Balaban J connectivity index is 1.29. The van der Waals surface area contributed by atoms with Gasteiger partial charge in [0.05, 0.1) is 5.75 Å². The molecule has 0 unspecified atom stereocenters. The molecule has 22 heavy (non-hydrogen) atoms. The molecule has 0 spiro atoms. The first-order valence-corrected chi connectivity index (χ1v) is 9.72. The lowest BCUT2D eigenvalue weighted by molar-refractivity contribution is 0.375. The summed E-state index contributed by atoms with van der Waals surface area (Å²) >= 11 is 3.24. The highest BCUT2D eigenvalue weighted by Crippen LogP contribution is 2.39. The summed E-state index contributed by atoms with van der Waals surface area (Å²) in [6.07, 6.45) is 8.86. The summed E-state index contributed by atoms with van der Waals surface area (Å²) in [7, 11) is 0. The van der Waals surface area contributed by atoms with Crippen LogP contribution in [0.15, 0.2) is 8.86 Å². The van der Waals surface area contributed by atoms with Gasteiger partial charge in [-0.25, -0.2) is 0 Å². The molecule has 0 radical (unpaired) electrons. The van der Waals surface area contributed by atoms with Crippen LogP contribution in [0.25, 0.3) is 0 Å². The van der Waals surface area contributed by atoms with Crippen molar-refractivity contribution >= 4 is 28.2 Å². The lowest BCUT2D eigenvalue weighted by atomic mass is 9.96. The Morgan fingerprint density at radius 3 is 2.82 bits per heavy atom. The Morgan fingerprint density at radius 1 is 1.14 bits per heavy atom. The molecule has 118 valence electrons. The average Bonchev–Trinajstić information content (AvgIpc) is 3.12. The second kappa shape index (κ2) is 6.54. The zero-order chi connectivity index (χ0) is 14.8. The fourth-order valence-electron chi connectivity index (χ4n) is 2.70. The molecule has 2 fully saturated rings. The van der Waals surface area contributed by atoms with Crippen LogP contribution in [0.4, 0.5) is 5.13 Å². The molecule has 0 atom stereocenters. The van der Waals surface area contributed by atoms with Crippen LogP contribution < -0.4 is 5.32 Å². The SMILES string of the molecule is C1CCC(Nc2nnc(SCc3noc(C4CC4)n3)s2)CC1. The van der Waals surface area contributed by atoms with Crippen LogP contribution >= 0.6 is 23.1 Å². The smallest absolute Gasteiger partial charge is 0.229 e. The van der Waals surface area contributed by atoms with Crippen molar-refractivity contribution in [3.05, 3.63) is 11.7 Å². The van der Waals surface area contributed by atoms with Crippen molar-refractivity contribution in [1.82, 2.24) is 20.3 Å².